The molecule has 3 aromatic carbocycles. The molecule has 0 N–H and O–H groups in total. The molecule has 0 aliphatic rings. The van der Waals surface area contributed by atoms with E-state index in [1.807, 2.05) is 19.1 Å². The molecule has 31 heavy (non-hydrogen) atoms. The zero-order valence-corrected chi connectivity index (χ0v) is 17.8. The summed E-state index contributed by atoms with van der Waals surface area (Å²) in [4.78, 5) is 24.6. The number of unbranched alkanes of at least 4 members (excludes halogenated alkanes) is 2. The molecule has 5 heteroatoms. The van der Waals surface area contributed by atoms with Crippen LogP contribution in [0.1, 0.15) is 52.5 Å². The second-order valence-corrected chi connectivity index (χ2v) is 7.20. The van der Waals surface area contributed by atoms with E-state index in [0.717, 1.165) is 30.6 Å². The molecule has 0 heterocycles. The first-order valence-electron chi connectivity index (χ1n) is 10.4. The zero-order chi connectivity index (χ0) is 22.1. The van der Waals surface area contributed by atoms with Crippen molar-refractivity contribution in [3.05, 3.63) is 89.5 Å². The number of aryl methyl sites for hydroxylation is 1. The van der Waals surface area contributed by atoms with Crippen LogP contribution in [-0.2, 0) is 0 Å². The van der Waals surface area contributed by atoms with Gasteiger partial charge in [0, 0.05) is 0 Å². The van der Waals surface area contributed by atoms with Crippen LogP contribution in [0.3, 0.4) is 0 Å². The smallest absolute Gasteiger partial charge is 0.343 e. The average Bonchev–Trinajstić information content (AvgIpc) is 2.79. The summed E-state index contributed by atoms with van der Waals surface area (Å²) in [5.41, 5.74) is 1.87. The minimum Gasteiger partial charge on any atom is -0.494 e. The van der Waals surface area contributed by atoms with Gasteiger partial charge in [0.25, 0.3) is 0 Å². The second-order valence-electron chi connectivity index (χ2n) is 7.20. The van der Waals surface area contributed by atoms with Gasteiger partial charge in [0.15, 0.2) is 0 Å². The van der Waals surface area contributed by atoms with Crippen LogP contribution in [0.2, 0.25) is 0 Å². The van der Waals surface area contributed by atoms with Crippen LogP contribution in [-0.4, -0.2) is 18.5 Å². The van der Waals surface area contributed by atoms with Gasteiger partial charge in [-0.05, 0) is 74.0 Å². The lowest BCUT2D eigenvalue weighted by atomic mass is 10.2. The fourth-order valence-corrected chi connectivity index (χ4v) is 2.83. The Labute approximate surface area is 182 Å². The molecule has 0 bridgehead atoms. The fourth-order valence-electron chi connectivity index (χ4n) is 2.83. The summed E-state index contributed by atoms with van der Waals surface area (Å²) >= 11 is 0. The third kappa shape index (κ3) is 6.71. The standard InChI is InChI=1S/C26H26O5/c1-3-4-5-18-29-22-14-8-20(9-15-22)25(27)31-24-16-10-21(11-17-24)26(28)30-23-12-6-19(2)7-13-23/h6-17H,3-5,18H2,1-2H3. The Bertz CT molecular complexity index is 989. The molecule has 0 atom stereocenters. The molecule has 0 amide bonds. The van der Waals surface area contributed by atoms with Crippen molar-refractivity contribution in [1.82, 2.24) is 0 Å². The minimum atomic E-state index is -0.479. The maximum Gasteiger partial charge on any atom is 0.343 e. The van der Waals surface area contributed by atoms with Crippen LogP contribution in [0.4, 0.5) is 0 Å². The normalized spacial score (nSPS) is 10.4. The molecule has 0 spiro atoms. The van der Waals surface area contributed by atoms with Crippen molar-refractivity contribution < 1.29 is 23.8 Å². The van der Waals surface area contributed by atoms with Gasteiger partial charge in [0.2, 0.25) is 0 Å². The first kappa shape index (κ1) is 22.1. The number of rotatable bonds is 9. The van der Waals surface area contributed by atoms with Gasteiger partial charge in [0.1, 0.15) is 17.2 Å². The van der Waals surface area contributed by atoms with E-state index in [9.17, 15) is 9.59 Å². The van der Waals surface area contributed by atoms with E-state index in [2.05, 4.69) is 6.92 Å². The number of carbonyl (C=O) groups is 2. The van der Waals surface area contributed by atoms with Gasteiger partial charge in [0.05, 0.1) is 17.7 Å². The van der Waals surface area contributed by atoms with Gasteiger partial charge in [-0.1, -0.05) is 37.5 Å². The summed E-state index contributed by atoms with van der Waals surface area (Å²) in [5, 5.41) is 0. The molecule has 0 saturated carbocycles. The minimum absolute atomic E-state index is 0.344. The Balaban J connectivity index is 1.53. The van der Waals surface area contributed by atoms with Crippen molar-refractivity contribution in [2.75, 3.05) is 6.61 Å². The van der Waals surface area contributed by atoms with Crippen LogP contribution in [0.5, 0.6) is 17.2 Å². The number of ether oxygens (including phenoxy) is 3. The highest BCUT2D eigenvalue weighted by atomic mass is 16.5. The molecule has 3 rings (SSSR count). The van der Waals surface area contributed by atoms with Crippen LogP contribution in [0, 0.1) is 6.92 Å². The molecule has 5 nitrogen and oxygen atoms in total. The van der Waals surface area contributed by atoms with Crippen molar-refractivity contribution in [3.63, 3.8) is 0 Å². The lowest BCUT2D eigenvalue weighted by Crippen LogP contribution is -2.10. The molecular formula is C26H26O5. The summed E-state index contributed by atoms with van der Waals surface area (Å²) < 4.78 is 16.4. The Hall–Kier alpha value is -3.60. The number of carbonyl (C=O) groups excluding carboxylic acids is 2. The van der Waals surface area contributed by atoms with Crippen LogP contribution in [0.25, 0.3) is 0 Å². The molecule has 0 aromatic heterocycles. The topological polar surface area (TPSA) is 61.8 Å². The number of hydrogen-bond donors (Lipinski definition) is 0. The van der Waals surface area contributed by atoms with Crippen LogP contribution in [0.15, 0.2) is 72.8 Å². The lowest BCUT2D eigenvalue weighted by Gasteiger charge is -2.08. The van der Waals surface area contributed by atoms with E-state index in [-0.39, 0.29) is 0 Å². The first-order chi connectivity index (χ1) is 15.0. The molecular weight excluding hydrogens is 392 g/mol. The predicted octanol–water partition coefficient (Wildman–Crippen LogP) is 6.00. The third-order valence-corrected chi connectivity index (χ3v) is 4.64. The van der Waals surface area contributed by atoms with Gasteiger partial charge in [-0.3, -0.25) is 0 Å². The van der Waals surface area contributed by atoms with E-state index in [0.29, 0.717) is 29.2 Å². The van der Waals surface area contributed by atoms with Gasteiger partial charge in [-0.15, -0.1) is 0 Å². The number of esters is 2. The quantitative estimate of drug-likeness (QED) is 0.242. The molecule has 3 aromatic rings. The van der Waals surface area contributed by atoms with E-state index >= 15 is 0 Å². The van der Waals surface area contributed by atoms with E-state index in [1.54, 1.807) is 60.7 Å². The van der Waals surface area contributed by atoms with E-state index < -0.39 is 11.9 Å². The maximum absolute atomic E-state index is 12.4. The predicted molar refractivity (Wildman–Crippen MR) is 119 cm³/mol. The van der Waals surface area contributed by atoms with Crippen molar-refractivity contribution in [1.29, 1.82) is 0 Å². The maximum atomic E-state index is 12.4. The largest absolute Gasteiger partial charge is 0.494 e. The van der Waals surface area contributed by atoms with Crippen LogP contribution < -0.4 is 14.2 Å². The Kier molecular flexibility index (Phi) is 7.82. The Morgan fingerprint density at radius 3 is 1.58 bits per heavy atom. The van der Waals surface area contributed by atoms with Gasteiger partial charge >= 0.3 is 11.9 Å². The fraction of sp³-hybridized carbons (Fsp3) is 0.231. The first-order valence-corrected chi connectivity index (χ1v) is 10.4. The lowest BCUT2D eigenvalue weighted by molar-refractivity contribution is 0.0730. The van der Waals surface area contributed by atoms with Gasteiger partial charge in [-0.25, -0.2) is 9.59 Å². The number of benzene rings is 3. The average molecular weight is 418 g/mol. The molecule has 0 radical (unpaired) electrons. The number of hydrogen-bond acceptors (Lipinski definition) is 5. The molecule has 160 valence electrons. The highest BCUT2D eigenvalue weighted by Crippen LogP contribution is 2.19. The highest BCUT2D eigenvalue weighted by Gasteiger charge is 2.12. The summed E-state index contributed by atoms with van der Waals surface area (Å²) in [6.45, 7) is 4.77. The Morgan fingerprint density at radius 2 is 1.10 bits per heavy atom. The van der Waals surface area contributed by atoms with Crippen LogP contribution >= 0.6 is 0 Å². The zero-order valence-electron chi connectivity index (χ0n) is 17.8. The molecule has 0 unspecified atom stereocenters. The van der Waals surface area contributed by atoms with Crippen molar-refractivity contribution in [2.45, 2.75) is 33.1 Å². The molecule has 0 aliphatic carbocycles. The van der Waals surface area contributed by atoms with Crippen molar-refractivity contribution in [3.8, 4) is 17.2 Å². The van der Waals surface area contributed by atoms with Crippen molar-refractivity contribution >= 4 is 11.9 Å². The SMILES string of the molecule is CCCCCOc1ccc(C(=O)Oc2ccc(C(=O)Oc3ccc(C)cc3)cc2)cc1. The van der Waals surface area contributed by atoms with E-state index in [4.69, 9.17) is 14.2 Å². The molecule has 0 aliphatic heterocycles. The summed E-state index contributed by atoms with van der Waals surface area (Å²) in [5.74, 6) is 0.591. The third-order valence-electron chi connectivity index (χ3n) is 4.64. The summed E-state index contributed by atoms with van der Waals surface area (Å²) in [6.07, 6.45) is 3.28. The van der Waals surface area contributed by atoms with Gasteiger partial charge < -0.3 is 14.2 Å². The summed E-state index contributed by atoms with van der Waals surface area (Å²) in [6, 6.07) is 20.3. The van der Waals surface area contributed by atoms with Gasteiger partial charge in [-0.2, -0.15) is 0 Å². The molecule has 0 fully saturated rings. The highest BCUT2D eigenvalue weighted by molar-refractivity contribution is 5.92. The van der Waals surface area contributed by atoms with Crippen molar-refractivity contribution in [2.24, 2.45) is 0 Å². The van der Waals surface area contributed by atoms with E-state index in [1.165, 1.54) is 0 Å². The Morgan fingerprint density at radius 1 is 0.645 bits per heavy atom. The second kappa shape index (κ2) is 11.0. The monoisotopic (exact) mass is 418 g/mol. The molecule has 0 saturated heterocycles. The summed E-state index contributed by atoms with van der Waals surface area (Å²) in [7, 11) is 0.